The molecule has 0 aromatic rings. The Kier molecular flexibility index (Phi) is 6.70. The number of halogens is 1. The van der Waals surface area contributed by atoms with Gasteiger partial charge in [0.15, 0.2) is 0 Å². The molecule has 1 atom stereocenters. The molecule has 1 unspecified atom stereocenters. The maximum absolute atomic E-state index is 11.3. The van der Waals surface area contributed by atoms with Gasteiger partial charge in [-0.15, -0.1) is 12.4 Å². The zero-order chi connectivity index (χ0) is 10.6. The highest BCUT2D eigenvalue weighted by atomic mass is 35.5. The molecule has 1 saturated heterocycles. The lowest BCUT2D eigenvalue weighted by atomic mass is 10.2. The van der Waals surface area contributed by atoms with E-state index in [2.05, 4.69) is 14.8 Å². The van der Waals surface area contributed by atoms with Crippen molar-refractivity contribution in [1.82, 2.24) is 14.8 Å². The highest BCUT2D eigenvalue weighted by Crippen LogP contribution is 2.03. The molecular formula is C8H20ClN3O2S. The van der Waals surface area contributed by atoms with Crippen LogP contribution in [0.15, 0.2) is 0 Å². The summed E-state index contributed by atoms with van der Waals surface area (Å²) >= 11 is 0. The zero-order valence-electron chi connectivity index (χ0n) is 9.12. The average molecular weight is 258 g/mol. The van der Waals surface area contributed by atoms with Gasteiger partial charge in [0.25, 0.3) is 10.2 Å². The highest BCUT2D eigenvalue weighted by Gasteiger charge is 2.17. The molecule has 0 bridgehead atoms. The lowest BCUT2D eigenvalue weighted by Crippen LogP contribution is -2.45. The van der Waals surface area contributed by atoms with Crippen molar-refractivity contribution in [2.75, 3.05) is 13.1 Å². The summed E-state index contributed by atoms with van der Waals surface area (Å²) in [6, 6.07) is 0.225. The van der Waals surface area contributed by atoms with Crippen molar-refractivity contribution in [2.24, 2.45) is 0 Å². The maximum atomic E-state index is 11.3. The molecule has 15 heavy (non-hydrogen) atoms. The number of hydrogen-bond donors (Lipinski definition) is 3. The first-order valence-corrected chi connectivity index (χ1v) is 6.48. The molecule has 92 valence electrons. The second kappa shape index (κ2) is 6.65. The highest BCUT2D eigenvalue weighted by molar-refractivity contribution is 7.87. The van der Waals surface area contributed by atoms with Crippen LogP contribution in [0.3, 0.4) is 0 Å². The lowest BCUT2D eigenvalue weighted by Gasteiger charge is -2.13. The summed E-state index contributed by atoms with van der Waals surface area (Å²) in [4.78, 5) is 0. The quantitative estimate of drug-likeness (QED) is 0.649. The van der Waals surface area contributed by atoms with E-state index < -0.39 is 10.2 Å². The van der Waals surface area contributed by atoms with Gasteiger partial charge in [0, 0.05) is 18.6 Å². The summed E-state index contributed by atoms with van der Waals surface area (Å²) in [5.74, 6) is 0. The third kappa shape index (κ3) is 6.32. The summed E-state index contributed by atoms with van der Waals surface area (Å²) in [5.41, 5.74) is 0. The van der Waals surface area contributed by atoms with Crippen molar-refractivity contribution in [2.45, 2.75) is 38.8 Å². The molecule has 0 aromatic carbocycles. The van der Waals surface area contributed by atoms with Gasteiger partial charge in [-0.2, -0.15) is 13.1 Å². The fourth-order valence-electron chi connectivity index (χ4n) is 1.49. The molecule has 3 N–H and O–H groups in total. The van der Waals surface area contributed by atoms with Gasteiger partial charge >= 0.3 is 0 Å². The van der Waals surface area contributed by atoms with Gasteiger partial charge in [0.1, 0.15) is 0 Å². The molecule has 5 nitrogen and oxygen atoms in total. The SMILES string of the molecule is CC(C)NS(=O)(=O)NCC1CCCN1.Cl. The van der Waals surface area contributed by atoms with Crippen molar-refractivity contribution < 1.29 is 8.42 Å². The second-order valence-electron chi connectivity index (χ2n) is 3.92. The predicted molar refractivity (Wildman–Crippen MR) is 63.5 cm³/mol. The van der Waals surface area contributed by atoms with Crippen LogP contribution >= 0.6 is 12.4 Å². The van der Waals surface area contributed by atoms with Crippen molar-refractivity contribution >= 4 is 22.6 Å². The molecular weight excluding hydrogens is 238 g/mol. The summed E-state index contributed by atoms with van der Waals surface area (Å²) in [7, 11) is -3.31. The molecule has 1 aliphatic rings. The Morgan fingerprint density at radius 2 is 2.13 bits per heavy atom. The van der Waals surface area contributed by atoms with Gasteiger partial charge in [0.2, 0.25) is 0 Å². The van der Waals surface area contributed by atoms with Crippen LogP contribution in [0, 0.1) is 0 Å². The van der Waals surface area contributed by atoms with Crippen molar-refractivity contribution in [3.05, 3.63) is 0 Å². The number of rotatable bonds is 5. The van der Waals surface area contributed by atoms with Crippen LogP contribution < -0.4 is 14.8 Å². The van der Waals surface area contributed by atoms with E-state index in [1.54, 1.807) is 13.8 Å². The molecule has 0 amide bonds. The monoisotopic (exact) mass is 257 g/mol. The average Bonchev–Trinajstić information content (AvgIpc) is 2.50. The third-order valence-corrected chi connectivity index (χ3v) is 3.40. The predicted octanol–water partition coefficient (Wildman–Crippen LogP) is -0.00740. The Bertz CT molecular complexity index is 263. The van der Waals surface area contributed by atoms with Crippen LogP contribution in [-0.2, 0) is 10.2 Å². The van der Waals surface area contributed by atoms with Gasteiger partial charge in [-0.3, -0.25) is 0 Å². The molecule has 0 radical (unpaired) electrons. The first kappa shape index (κ1) is 15.1. The van der Waals surface area contributed by atoms with E-state index in [1.165, 1.54) is 0 Å². The zero-order valence-corrected chi connectivity index (χ0v) is 10.7. The van der Waals surface area contributed by atoms with E-state index in [-0.39, 0.29) is 18.4 Å². The first-order chi connectivity index (χ1) is 6.49. The maximum Gasteiger partial charge on any atom is 0.277 e. The number of hydrogen-bond acceptors (Lipinski definition) is 3. The Morgan fingerprint density at radius 1 is 1.47 bits per heavy atom. The van der Waals surface area contributed by atoms with Crippen LogP contribution in [0.1, 0.15) is 26.7 Å². The fourth-order valence-corrected chi connectivity index (χ4v) is 2.62. The van der Waals surface area contributed by atoms with E-state index in [1.807, 2.05) is 0 Å². The molecule has 1 rings (SSSR count). The topological polar surface area (TPSA) is 70.2 Å². The molecule has 1 heterocycles. The van der Waals surface area contributed by atoms with Gasteiger partial charge in [-0.25, -0.2) is 4.72 Å². The van der Waals surface area contributed by atoms with E-state index in [9.17, 15) is 8.42 Å². The number of nitrogens with one attached hydrogen (secondary N) is 3. The molecule has 0 aliphatic carbocycles. The van der Waals surface area contributed by atoms with Crippen LogP contribution in [0.25, 0.3) is 0 Å². The van der Waals surface area contributed by atoms with Crippen molar-refractivity contribution in [1.29, 1.82) is 0 Å². The minimum Gasteiger partial charge on any atom is -0.313 e. The Hall–Kier alpha value is 0.120. The molecule has 0 spiro atoms. The smallest absolute Gasteiger partial charge is 0.277 e. The molecule has 0 aromatic heterocycles. The lowest BCUT2D eigenvalue weighted by molar-refractivity contribution is 0.533. The summed E-state index contributed by atoms with van der Waals surface area (Å²) in [6.45, 7) is 5.06. The molecule has 1 aliphatic heterocycles. The Morgan fingerprint density at radius 3 is 2.60 bits per heavy atom. The van der Waals surface area contributed by atoms with Gasteiger partial charge < -0.3 is 5.32 Å². The van der Waals surface area contributed by atoms with Crippen molar-refractivity contribution in [3.63, 3.8) is 0 Å². The first-order valence-electron chi connectivity index (χ1n) is 5.00. The molecule has 0 saturated carbocycles. The largest absolute Gasteiger partial charge is 0.313 e. The van der Waals surface area contributed by atoms with Gasteiger partial charge in [-0.1, -0.05) is 0 Å². The summed E-state index contributed by atoms with van der Waals surface area (Å²) in [5, 5.41) is 3.23. The van der Waals surface area contributed by atoms with E-state index in [4.69, 9.17) is 0 Å². The standard InChI is InChI=1S/C8H19N3O2S.ClH/c1-7(2)11-14(12,13)10-6-8-4-3-5-9-8;/h7-11H,3-6H2,1-2H3;1H. The van der Waals surface area contributed by atoms with Crippen LogP contribution in [0.4, 0.5) is 0 Å². The molecule has 7 heteroatoms. The van der Waals surface area contributed by atoms with Gasteiger partial charge in [-0.05, 0) is 33.2 Å². The van der Waals surface area contributed by atoms with E-state index in [0.717, 1.165) is 19.4 Å². The van der Waals surface area contributed by atoms with Gasteiger partial charge in [0.05, 0.1) is 0 Å². The molecule has 1 fully saturated rings. The second-order valence-corrected chi connectivity index (χ2v) is 5.45. The van der Waals surface area contributed by atoms with Crippen molar-refractivity contribution in [3.8, 4) is 0 Å². The summed E-state index contributed by atoms with van der Waals surface area (Å²) < 4.78 is 27.7. The van der Waals surface area contributed by atoms with Crippen LogP contribution in [-0.4, -0.2) is 33.6 Å². The van der Waals surface area contributed by atoms with E-state index >= 15 is 0 Å². The third-order valence-electron chi connectivity index (χ3n) is 2.07. The fraction of sp³-hybridized carbons (Fsp3) is 1.00. The van der Waals surface area contributed by atoms with Crippen LogP contribution in [0.5, 0.6) is 0 Å². The Balaban J connectivity index is 0.00000196. The minimum absolute atomic E-state index is 0. The summed E-state index contributed by atoms with van der Waals surface area (Å²) in [6.07, 6.45) is 2.17. The normalized spacial score (nSPS) is 21.7. The minimum atomic E-state index is -3.31. The Labute approximate surface area is 98.0 Å². The van der Waals surface area contributed by atoms with E-state index in [0.29, 0.717) is 12.6 Å². The van der Waals surface area contributed by atoms with Crippen LogP contribution in [0.2, 0.25) is 0 Å².